The monoisotopic (exact) mass is 564 g/mol. The van der Waals surface area contributed by atoms with Crippen LogP contribution in [0.5, 0.6) is 0 Å². The van der Waals surface area contributed by atoms with Gasteiger partial charge >= 0.3 is 12.1 Å². The van der Waals surface area contributed by atoms with Crippen LogP contribution in [0, 0.1) is 0 Å². The quantitative estimate of drug-likeness (QED) is 0.310. The summed E-state index contributed by atoms with van der Waals surface area (Å²) in [5.74, 6) is -1.29. The van der Waals surface area contributed by atoms with Gasteiger partial charge in [-0.25, -0.2) is 0 Å². The molecule has 1 aliphatic heterocycles. The van der Waals surface area contributed by atoms with Crippen LogP contribution in [-0.2, 0) is 17.5 Å². The van der Waals surface area contributed by atoms with Crippen molar-refractivity contribution in [3.63, 3.8) is 0 Å². The number of carboxylic acid groups (broad SMARTS) is 1. The van der Waals surface area contributed by atoms with E-state index in [4.69, 9.17) is 28.3 Å². The maximum Gasteiger partial charge on any atom is 0.416 e. The average Bonchev–Trinajstić information content (AvgIpc) is 3.27. The molecule has 5 nitrogen and oxygen atoms in total. The van der Waals surface area contributed by atoms with Crippen molar-refractivity contribution in [1.82, 2.24) is 10.2 Å². The second kappa shape index (κ2) is 11.8. The fraction of sp³-hybridized carbons (Fsp3) is 0.286. The van der Waals surface area contributed by atoms with Gasteiger partial charge in [-0.05, 0) is 71.5 Å². The van der Waals surface area contributed by atoms with Crippen LogP contribution in [-0.4, -0.2) is 35.0 Å². The number of aliphatic carboxylic acids is 1. The van der Waals surface area contributed by atoms with Gasteiger partial charge < -0.3 is 10.4 Å². The van der Waals surface area contributed by atoms with Gasteiger partial charge in [0.2, 0.25) is 0 Å². The number of carbonyl (C=O) groups is 2. The van der Waals surface area contributed by atoms with Crippen molar-refractivity contribution in [3.05, 3.63) is 105 Å². The number of carbonyl (C=O) groups excluding carboxylic acids is 1. The Kier molecular flexibility index (Phi) is 8.65. The van der Waals surface area contributed by atoms with Gasteiger partial charge in [-0.1, -0.05) is 47.5 Å². The van der Waals surface area contributed by atoms with E-state index >= 15 is 0 Å². The van der Waals surface area contributed by atoms with E-state index in [2.05, 4.69) is 10.2 Å². The summed E-state index contributed by atoms with van der Waals surface area (Å²) in [6.07, 6.45) is -3.90. The zero-order valence-electron chi connectivity index (χ0n) is 20.1. The molecular weight excluding hydrogens is 540 g/mol. The van der Waals surface area contributed by atoms with E-state index in [1.165, 1.54) is 12.1 Å². The molecule has 3 aromatic rings. The minimum Gasteiger partial charge on any atom is -0.481 e. The first-order valence-electron chi connectivity index (χ1n) is 12.0. The lowest BCUT2D eigenvalue weighted by Crippen LogP contribution is -2.26. The van der Waals surface area contributed by atoms with Crippen LogP contribution in [0.3, 0.4) is 0 Å². The Balaban J connectivity index is 1.54. The molecule has 1 aliphatic rings. The van der Waals surface area contributed by atoms with E-state index in [0.717, 1.165) is 28.8 Å². The summed E-state index contributed by atoms with van der Waals surface area (Å²) in [5.41, 5.74) is 2.39. The van der Waals surface area contributed by atoms with Gasteiger partial charge in [-0.15, -0.1) is 0 Å². The SMILES string of the molecule is O=C(O)CCNC(=O)c1ccc(CN2CC(c3cc(Cl)cc(Cl)c3)CC2c2ccc(C(F)(F)F)cc2)cc1. The van der Waals surface area contributed by atoms with Gasteiger partial charge in [-0.2, -0.15) is 13.2 Å². The number of hydrogen-bond donors (Lipinski definition) is 2. The van der Waals surface area contributed by atoms with Gasteiger partial charge in [0.15, 0.2) is 0 Å². The smallest absolute Gasteiger partial charge is 0.416 e. The molecule has 0 spiro atoms. The first-order chi connectivity index (χ1) is 18.0. The molecule has 2 N–H and O–H groups in total. The van der Waals surface area contributed by atoms with E-state index in [1.54, 1.807) is 18.2 Å². The Bertz CT molecular complexity index is 1280. The Morgan fingerprint density at radius 2 is 1.58 bits per heavy atom. The summed E-state index contributed by atoms with van der Waals surface area (Å²) in [4.78, 5) is 25.1. The highest BCUT2D eigenvalue weighted by molar-refractivity contribution is 6.34. The largest absolute Gasteiger partial charge is 0.481 e. The van der Waals surface area contributed by atoms with Crippen molar-refractivity contribution in [1.29, 1.82) is 0 Å². The van der Waals surface area contributed by atoms with Crippen LogP contribution in [0.4, 0.5) is 13.2 Å². The third-order valence-corrected chi connectivity index (χ3v) is 7.05. The molecule has 3 aromatic carbocycles. The van der Waals surface area contributed by atoms with Crippen LogP contribution in [0.1, 0.15) is 57.4 Å². The molecule has 38 heavy (non-hydrogen) atoms. The second-order valence-electron chi connectivity index (χ2n) is 9.30. The number of nitrogens with zero attached hydrogens (tertiary/aromatic N) is 1. The van der Waals surface area contributed by atoms with E-state index in [0.29, 0.717) is 35.1 Å². The van der Waals surface area contributed by atoms with E-state index in [9.17, 15) is 22.8 Å². The molecule has 1 amide bonds. The molecule has 0 bridgehead atoms. The van der Waals surface area contributed by atoms with Crippen molar-refractivity contribution in [2.24, 2.45) is 0 Å². The van der Waals surface area contributed by atoms with Gasteiger partial charge in [0.05, 0.1) is 12.0 Å². The number of hydrogen-bond acceptors (Lipinski definition) is 3. The summed E-state index contributed by atoms with van der Waals surface area (Å²) < 4.78 is 39.4. The highest BCUT2D eigenvalue weighted by Gasteiger charge is 2.35. The zero-order chi connectivity index (χ0) is 27.4. The number of halogens is 5. The lowest BCUT2D eigenvalue weighted by Gasteiger charge is -2.25. The fourth-order valence-corrected chi connectivity index (χ4v) is 5.30. The fourth-order valence-electron chi connectivity index (χ4n) is 4.75. The number of amides is 1. The lowest BCUT2D eigenvalue weighted by molar-refractivity contribution is -0.138. The number of nitrogens with one attached hydrogen (secondary N) is 1. The topological polar surface area (TPSA) is 69.6 Å². The maximum absolute atomic E-state index is 13.1. The molecule has 0 saturated carbocycles. The standard InChI is InChI=1S/C28H25Cl2F3N2O3/c29-23-11-20(12-24(30)14-23)21-13-25(18-5-7-22(8-6-18)28(31,32)33)35(16-21)15-17-1-3-19(4-2-17)27(38)34-10-9-26(36)37/h1-8,11-12,14,21,25H,9-10,13,15-16H2,(H,34,38)(H,36,37). The predicted molar refractivity (Wildman–Crippen MR) is 139 cm³/mol. The van der Waals surface area contributed by atoms with Gasteiger partial charge in [0.1, 0.15) is 0 Å². The first kappa shape index (κ1) is 28.0. The third-order valence-electron chi connectivity index (χ3n) is 6.61. The number of benzene rings is 3. The number of alkyl halides is 3. The first-order valence-corrected chi connectivity index (χ1v) is 12.7. The molecule has 10 heteroatoms. The van der Waals surface area contributed by atoms with Crippen LogP contribution >= 0.6 is 23.2 Å². The van der Waals surface area contributed by atoms with Crippen LogP contribution in [0.25, 0.3) is 0 Å². The predicted octanol–water partition coefficient (Wildman–Crippen LogP) is 6.95. The van der Waals surface area contributed by atoms with E-state index in [-0.39, 0.29) is 30.8 Å². The summed E-state index contributed by atoms with van der Waals surface area (Å²) in [6, 6.07) is 17.5. The molecule has 1 fully saturated rings. The van der Waals surface area contributed by atoms with Crippen LogP contribution < -0.4 is 5.32 Å². The van der Waals surface area contributed by atoms with E-state index < -0.39 is 17.7 Å². The Morgan fingerprint density at radius 1 is 0.947 bits per heavy atom. The van der Waals surface area contributed by atoms with Crippen molar-refractivity contribution in [2.45, 2.75) is 37.5 Å². The highest BCUT2D eigenvalue weighted by atomic mass is 35.5. The number of carboxylic acids is 1. The Labute approximate surface area is 228 Å². The van der Waals surface area contributed by atoms with Gasteiger partial charge in [0.25, 0.3) is 5.91 Å². The van der Waals surface area contributed by atoms with Crippen molar-refractivity contribution in [2.75, 3.05) is 13.1 Å². The van der Waals surface area contributed by atoms with Crippen LogP contribution in [0.2, 0.25) is 10.0 Å². The molecule has 1 heterocycles. The average molecular weight is 565 g/mol. The second-order valence-corrected chi connectivity index (χ2v) is 10.2. The molecule has 2 atom stereocenters. The normalized spacial score (nSPS) is 17.9. The molecule has 4 rings (SSSR count). The Hall–Kier alpha value is -3.07. The number of likely N-dealkylation sites (tertiary alicyclic amines) is 1. The molecule has 0 radical (unpaired) electrons. The van der Waals surface area contributed by atoms with Crippen molar-refractivity contribution in [3.8, 4) is 0 Å². The minimum absolute atomic E-state index is 0.0351. The minimum atomic E-state index is -4.41. The summed E-state index contributed by atoms with van der Waals surface area (Å²) in [6.45, 7) is 1.19. The van der Waals surface area contributed by atoms with Crippen molar-refractivity contribution >= 4 is 35.1 Å². The van der Waals surface area contributed by atoms with E-state index in [1.807, 2.05) is 24.3 Å². The lowest BCUT2D eigenvalue weighted by atomic mass is 9.93. The molecule has 2 unspecified atom stereocenters. The zero-order valence-corrected chi connectivity index (χ0v) is 21.7. The summed E-state index contributed by atoms with van der Waals surface area (Å²) in [7, 11) is 0. The third kappa shape index (κ3) is 7.07. The van der Waals surface area contributed by atoms with Crippen LogP contribution in [0.15, 0.2) is 66.7 Å². The van der Waals surface area contributed by atoms with Gasteiger partial charge in [-0.3, -0.25) is 14.5 Å². The number of rotatable bonds is 8. The summed E-state index contributed by atoms with van der Waals surface area (Å²) >= 11 is 12.5. The molecule has 1 saturated heterocycles. The highest BCUT2D eigenvalue weighted by Crippen LogP contribution is 2.43. The van der Waals surface area contributed by atoms with Crippen molar-refractivity contribution < 1.29 is 27.9 Å². The molecule has 0 aliphatic carbocycles. The Morgan fingerprint density at radius 3 is 2.16 bits per heavy atom. The van der Waals surface area contributed by atoms with Gasteiger partial charge in [0, 0.05) is 41.3 Å². The molecular formula is C28H25Cl2F3N2O3. The molecule has 200 valence electrons. The molecule has 0 aromatic heterocycles. The maximum atomic E-state index is 13.1. The summed E-state index contributed by atoms with van der Waals surface area (Å²) in [5, 5.41) is 12.3.